The zero-order chi connectivity index (χ0) is 10.4. The maximum absolute atomic E-state index is 9.96. The minimum Gasteiger partial charge on any atom is -0.387 e. The zero-order valence-electron chi connectivity index (χ0n) is 7.38. The van der Waals surface area contributed by atoms with E-state index in [1.807, 2.05) is 6.07 Å². The van der Waals surface area contributed by atoms with E-state index in [0.29, 0.717) is 17.6 Å². The molecular formula is C10H9NO2S. The van der Waals surface area contributed by atoms with Crippen LogP contribution in [0.4, 0.5) is 0 Å². The quantitative estimate of drug-likeness (QED) is 0.605. The molecule has 3 nitrogen and oxygen atoms in total. The molecule has 0 saturated carbocycles. The van der Waals surface area contributed by atoms with Gasteiger partial charge in [-0.15, -0.1) is 11.3 Å². The molecule has 1 rings (SSSR count). The molecule has 1 heterocycles. The van der Waals surface area contributed by atoms with Crippen LogP contribution in [0.25, 0.3) is 0 Å². The van der Waals surface area contributed by atoms with Gasteiger partial charge in [0, 0.05) is 4.88 Å². The minimum absolute atomic E-state index is 0.393. The molecule has 0 saturated heterocycles. The first-order valence-electron chi connectivity index (χ1n) is 4.06. The highest BCUT2D eigenvalue weighted by molar-refractivity contribution is 7.12. The maximum atomic E-state index is 9.96. The van der Waals surface area contributed by atoms with E-state index in [1.54, 1.807) is 18.2 Å². The maximum Gasteiger partial charge on any atom is 0.142 e. The van der Waals surface area contributed by atoms with E-state index >= 15 is 0 Å². The van der Waals surface area contributed by atoms with Crippen LogP contribution in [0.3, 0.4) is 0 Å². The number of aliphatic hydroxyl groups is 1. The lowest BCUT2D eigenvalue weighted by Crippen LogP contribution is -1.91. The van der Waals surface area contributed by atoms with Crippen molar-refractivity contribution in [2.24, 2.45) is 0 Å². The Kier molecular flexibility index (Phi) is 4.05. The van der Waals surface area contributed by atoms with Crippen molar-refractivity contribution in [2.75, 3.05) is 0 Å². The smallest absolute Gasteiger partial charge is 0.142 e. The normalized spacial score (nSPS) is 12.6. The second kappa shape index (κ2) is 5.32. The average molecular weight is 207 g/mol. The van der Waals surface area contributed by atoms with Gasteiger partial charge in [0.05, 0.1) is 6.10 Å². The van der Waals surface area contributed by atoms with E-state index in [2.05, 4.69) is 0 Å². The molecule has 0 bridgehead atoms. The van der Waals surface area contributed by atoms with Gasteiger partial charge in [-0.2, -0.15) is 5.26 Å². The van der Waals surface area contributed by atoms with E-state index in [1.165, 1.54) is 17.4 Å². The fraction of sp³-hybridized carbons (Fsp3) is 0.200. The van der Waals surface area contributed by atoms with E-state index in [-0.39, 0.29) is 0 Å². The number of nitriles is 1. The van der Waals surface area contributed by atoms with Crippen LogP contribution in [0.5, 0.6) is 0 Å². The Bertz CT molecular complexity index is 376. The van der Waals surface area contributed by atoms with Gasteiger partial charge in [-0.05, 0) is 24.6 Å². The third kappa shape index (κ3) is 2.80. The molecule has 1 atom stereocenters. The summed E-state index contributed by atoms with van der Waals surface area (Å²) in [7, 11) is 0. The summed E-state index contributed by atoms with van der Waals surface area (Å²) in [4.78, 5) is 11.3. The van der Waals surface area contributed by atoms with Crippen LogP contribution in [-0.2, 0) is 4.79 Å². The van der Waals surface area contributed by atoms with E-state index in [4.69, 9.17) is 5.26 Å². The average Bonchev–Trinajstić information content (AvgIpc) is 2.66. The second-order valence-corrected chi connectivity index (χ2v) is 3.74. The number of carbonyl (C=O) groups is 1. The summed E-state index contributed by atoms with van der Waals surface area (Å²) in [6.07, 6.45) is 3.38. The van der Waals surface area contributed by atoms with Crippen molar-refractivity contribution < 1.29 is 9.90 Å². The van der Waals surface area contributed by atoms with Gasteiger partial charge in [0.2, 0.25) is 0 Å². The zero-order valence-corrected chi connectivity index (χ0v) is 8.20. The largest absolute Gasteiger partial charge is 0.387 e. The standard InChI is InChI=1S/C10H9NO2S/c11-7-8-4-5-10(14-8)9(13)3-1-2-6-12/h1-2,4-6,9,13H,3H2. The lowest BCUT2D eigenvalue weighted by Gasteiger charge is -2.02. The summed E-state index contributed by atoms with van der Waals surface area (Å²) >= 11 is 1.27. The summed E-state index contributed by atoms with van der Waals surface area (Å²) in [5.74, 6) is 0. The lowest BCUT2D eigenvalue weighted by molar-refractivity contribution is -0.104. The third-order valence-electron chi connectivity index (χ3n) is 1.64. The number of aldehydes is 1. The Morgan fingerprint density at radius 2 is 2.43 bits per heavy atom. The number of allylic oxidation sites excluding steroid dienone is 1. The first-order chi connectivity index (χ1) is 6.77. The van der Waals surface area contributed by atoms with Crippen LogP contribution >= 0.6 is 11.3 Å². The molecule has 0 amide bonds. The van der Waals surface area contributed by atoms with Crippen LogP contribution in [0.15, 0.2) is 24.3 Å². The second-order valence-electron chi connectivity index (χ2n) is 2.63. The Balaban J connectivity index is 2.61. The monoisotopic (exact) mass is 207 g/mol. The Morgan fingerprint density at radius 3 is 3.00 bits per heavy atom. The van der Waals surface area contributed by atoms with Crippen molar-refractivity contribution in [2.45, 2.75) is 12.5 Å². The van der Waals surface area contributed by atoms with Gasteiger partial charge in [-0.3, -0.25) is 4.79 Å². The first-order valence-corrected chi connectivity index (χ1v) is 4.87. The first kappa shape index (κ1) is 10.6. The molecule has 0 spiro atoms. The summed E-state index contributed by atoms with van der Waals surface area (Å²) in [6, 6.07) is 5.40. The molecular weight excluding hydrogens is 198 g/mol. The number of carbonyl (C=O) groups excluding carboxylic acids is 1. The predicted molar refractivity (Wildman–Crippen MR) is 53.8 cm³/mol. The summed E-state index contributed by atoms with van der Waals surface area (Å²) in [5.41, 5.74) is 0. The van der Waals surface area contributed by atoms with Crippen molar-refractivity contribution in [1.29, 1.82) is 5.26 Å². The molecule has 0 aromatic carbocycles. The summed E-state index contributed by atoms with van der Waals surface area (Å²) < 4.78 is 0. The molecule has 0 radical (unpaired) electrons. The molecule has 0 aliphatic heterocycles. The summed E-state index contributed by atoms with van der Waals surface area (Å²) in [5, 5.41) is 18.2. The fourth-order valence-electron chi connectivity index (χ4n) is 0.971. The highest BCUT2D eigenvalue weighted by Crippen LogP contribution is 2.25. The lowest BCUT2D eigenvalue weighted by atomic mass is 10.2. The summed E-state index contributed by atoms with van der Waals surface area (Å²) in [6.45, 7) is 0. The van der Waals surface area contributed by atoms with E-state index in [9.17, 15) is 9.90 Å². The van der Waals surface area contributed by atoms with Crippen LogP contribution in [0, 0.1) is 11.3 Å². The topological polar surface area (TPSA) is 61.1 Å². The molecule has 1 aromatic rings. The van der Waals surface area contributed by atoms with Gasteiger partial charge >= 0.3 is 0 Å². The van der Waals surface area contributed by atoms with Crippen molar-refractivity contribution in [1.82, 2.24) is 0 Å². The molecule has 1 unspecified atom stereocenters. The molecule has 1 N–H and O–H groups in total. The highest BCUT2D eigenvalue weighted by Gasteiger charge is 2.08. The third-order valence-corrected chi connectivity index (χ3v) is 2.73. The number of hydrogen-bond acceptors (Lipinski definition) is 4. The SMILES string of the molecule is N#Cc1ccc(C(O)CC=CC=O)s1. The molecule has 0 aliphatic carbocycles. The number of thiophene rings is 1. The van der Waals surface area contributed by atoms with Gasteiger partial charge in [-0.1, -0.05) is 6.08 Å². The van der Waals surface area contributed by atoms with Gasteiger partial charge in [0.1, 0.15) is 17.2 Å². The Morgan fingerprint density at radius 1 is 1.64 bits per heavy atom. The number of nitrogens with zero attached hydrogens (tertiary/aromatic N) is 1. The van der Waals surface area contributed by atoms with E-state index < -0.39 is 6.10 Å². The molecule has 14 heavy (non-hydrogen) atoms. The minimum atomic E-state index is -0.627. The van der Waals surface area contributed by atoms with Crippen molar-refractivity contribution >= 4 is 17.6 Å². The Hall–Kier alpha value is -1.44. The van der Waals surface area contributed by atoms with E-state index in [0.717, 1.165) is 4.88 Å². The van der Waals surface area contributed by atoms with Gasteiger partial charge < -0.3 is 5.11 Å². The van der Waals surface area contributed by atoms with Crippen LogP contribution in [-0.4, -0.2) is 11.4 Å². The Labute approximate surface area is 85.9 Å². The number of hydrogen-bond donors (Lipinski definition) is 1. The molecule has 0 fully saturated rings. The van der Waals surface area contributed by atoms with Gasteiger partial charge in [0.15, 0.2) is 0 Å². The molecule has 0 aliphatic rings. The van der Waals surface area contributed by atoms with Gasteiger partial charge in [-0.25, -0.2) is 0 Å². The highest BCUT2D eigenvalue weighted by atomic mass is 32.1. The fourth-order valence-corrected chi connectivity index (χ4v) is 1.78. The van der Waals surface area contributed by atoms with Crippen LogP contribution in [0.1, 0.15) is 22.3 Å². The molecule has 1 aromatic heterocycles. The van der Waals surface area contributed by atoms with Crippen LogP contribution < -0.4 is 0 Å². The number of rotatable bonds is 4. The van der Waals surface area contributed by atoms with Crippen molar-refractivity contribution in [3.05, 3.63) is 34.0 Å². The molecule has 72 valence electrons. The number of aliphatic hydroxyl groups excluding tert-OH is 1. The predicted octanol–water partition coefficient (Wildman–Crippen LogP) is 1.80. The van der Waals surface area contributed by atoms with Crippen molar-refractivity contribution in [3.63, 3.8) is 0 Å². The van der Waals surface area contributed by atoms with Gasteiger partial charge in [0.25, 0.3) is 0 Å². The van der Waals surface area contributed by atoms with Crippen LogP contribution in [0.2, 0.25) is 0 Å². The van der Waals surface area contributed by atoms with Crippen molar-refractivity contribution in [3.8, 4) is 6.07 Å². The molecule has 4 heteroatoms.